The molecule has 128 valence electrons. The molecule has 0 saturated heterocycles. The Hall–Kier alpha value is -2.03. The molecule has 0 aromatic heterocycles. The van der Waals surface area contributed by atoms with Gasteiger partial charge in [-0.05, 0) is 24.3 Å². The average Bonchev–Trinajstić information content (AvgIpc) is 2.59. The molecule has 8 heteroatoms. The quantitative estimate of drug-likeness (QED) is 0.521. The van der Waals surface area contributed by atoms with Gasteiger partial charge in [-0.25, -0.2) is 17.9 Å². The van der Waals surface area contributed by atoms with E-state index in [4.69, 9.17) is 4.74 Å². The number of carbonyl (C=O) groups is 1. The van der Waals surface area contributed by atoms with E-state index in [0.717, 1.165) is 11.8 Å². The maximum Gasteiger partial charge on any atom is 0.355 e. The lowest BCUT2D eigenvalue weighted by atomic mass is 10.3. The molecule has 0 heterocycles. The molecule has 1 unspecified atom stereocenters. The van der Waals surface area contributed by atoms with Gasteiger partial charge in [0.1, 0.15) is 5.75 Å². The molecule has 6 nitrogen and oxygen atoms in total. The molecule has 0 saturated carbocycles. The number of ether oxygens (including phenoxy) is 1. The van der Waals surface area contributed by atoms with E-state index in [1.807, 2.05) is 0 Å². The second-order valence-corrected chi connectivity index (χ2v) is 7.62. The lowest BCUT2D eigenvalue weighted by Crippen LogP contribution is -2.29. The van der Waals surface area contributed by atoms with Crippen molar-refractivity contribution in [3.8, 4) is 5.75 Å². The Morgan fingerprint density at radius 3 is 2.25 bits per heavy atom. The topological polar surface area (TPSA) is 92.7 Å². The highest BCUT2D eigenvalue weighted by molar-refractivity contribution is 8.00. The van der Waals surface area contributed by atoms with Gasteiger partial charge in [0.15, 0.2) is 0 Å². The molecular weight excluding hydrogens is 350 g/mol. The molecule has 0 bridgehead atoms. The second kappa shape index (κ2) is 8.72. The molecule has 2 aromatic carbocycles. The number of carboxylic acids is 1. The van der Waals surface area contributed by atoms with Crippen molar-refractivity contribution in [1.82, 2.24) is 4.72 Å². The summed E-state index contributed by atoms with van der Waals surface area (Å²) in [6.45, 7) is 0.101. The Morgan fingerprint density at radius 2 is 1.67 bits per heavy atom. The Kier molecular flexibility index (Phi) is 6.65. The fourth-order valence-electron chi connectivity index (χ4n) is 1.80. The molecule has 2 aromatic rings. The fraction of sp³-hybridized carbons (Fsp3) is 0.188. The zero-order valence-corrected chi connectivity index (χ0v) is 14.3. The maximum atomic E-state index is 12.0. The highest BCUT2D eigenvalue weighted by Gasteiger charge is 2.20. The van der Waals surface area contributed by atoms with Gasteiger partial charge in [0, 0.05) is 12.3 Å². The van der Waals surface area contributed by atoms with Gasteiger partial charge in [-0.15, -0.1) is 11.8 Å². The van der Waals surface area contributed by atoms with E-state index in [1.165, 1.54) is 12.1 Å². The van der Waals surface area contributed by atoms with Crippen LogP contribution in [0.2, 0.25) is 0 Å². The molecule has 0 radical (unpaired) electrons. The van der Waals surface area contributed by atoms with Crippen molar-refractivity contribution in [3.63, 3.8) is 0 Å². The molecule has 1 atom stereocenters. The standard InChI is InChI=1S/C16H17NO5S2/c18-15(19)16(22-13-7-3-1-4-8-13)23-12-11-17-24(20,21)14-9-5-2-6-10-14/h1-10,16-17H,11-12H2,(H,18,19). The van der Waals surface area contributed by atoms with Crippen LogP contribution in [0.4, 0.5) is 0 Å². The number of hydrogen-bond donors (Lipinski definition) is 2. The number of nitrogens with one attached hydrogen (secondary N) is 1. The van der Waals surface area contributed by atoms with Gasteiger partial charge >= 0.3 is 5.97 Å². The van der Waals surface area contributed by atoms with E-state index >= 15 is 0 Å². The van der Waals surface area contributed by atoms with Crippen molar-refractivity contribution in [2.45, 2.75) is 10.3 Å². The normalized spacial score (nSPS) is 12.5. The van der Waals surface area contributed by atoms with Crippen LogP contribution in [0.25, 0.3) is 0 Å². The highest BCUT2D eigenvalue weighted by atomic mass is 32.2. The summed E-state index contributed by atoms with van der Waals surface area (Å²) in [5, 5.41) is 9.19. The van der Waals surface area contributed by atoms with Gasteiger partial charge in [-0.2, -0.15) is 0 Å². The predicted octanol–water partition coefficient (Wildman–Crippen LogP) is 2.19. The SMILES string of the molecule is O=C(O)C(Oc1ccccc1)SCCNS(=O)(=O)c1ccccc1. The Balaban J connectivity index is 1.84. The van der Waals surface area contributed by atoms with E-state index in [0.29, 0.717) is 5.75 Å². The maximum absolute atomic E-state index is 12.0. The second-order valence-electron chi connectivity index (χ2n) is 4.68. The molecule has 24 heavy (non-hydrogen) atoms. The van der Waals surface area contributed by atoms with Gasteiger partial charge in [0.05, 0.1) is 4.90 Å². The Bertz CT molecular complexity index is 751. The van der Waals surface area contributed by atoms with Crippen LogP contribution in [-0.2, 0) is 14.8 Å². The predicted molar refractivity (Wildman–Crippen MR) is 92.6 cm³/mol. The Morgan fingerprint density at radius 1 is 1.08 bits per heavy atom. The van der Waals surface area contributed by atoms with Crippen LogP contribution in [0.5, 0.6) is 5.75 Å². The van der Waals surface area contributed by atoms with Crippen LogP contribution in [0.1, 0.15) is 0 Å². The number of benzene rings is 2. The summed E-state index contributed by atoms with van der Waals surface area (Å²) in [5.41, 5.74) is -1.10. The summed E-state index contributed by atoms with van der Waals surface area (Å²) < 4.78 is 31.9. The van der Waals surface area contributed by atoms with E-state index in [-0.39, 0.29) is 17.2 Å². The van der Waals surface area contributed by atoms with Crippen LogP contribution >= 0.6 is 11.8 Å². The lowest BCUT2D eigenvalue weighted by Gasteiger charge is -2.14. The first-order valence-corrected chi connectivity index (χ1v) is 9.63. The zero-order chi connectivity index (χ0) is 17.4. The van der Waals surface area contributed by atoms with E-state index in [9.17, 15) is 18.3 Å². The van der Waals surface area contributed by atoms with Crippen molar-refractivity contribution in [3.05, 3.63) is 60.7 Å². The first-order chi connectivity index (χ1) is 11.5. The molecule has 2 N–H and O–H groups in total. The lowest BCUT2D eigenvalue weighted by molar-refractivity contribution is -0.140. The zero-order valence-electron chi connectivity index (χ0n) is 12.7. The van der Waals surface area contributed by atoms with Crippen LogP contribution < -0.4 is 9.46 Å². The van der Waals surface area contributed by atoms with Gasteiger partial charge in [0.2, 0.25) is 15.5 Å². The molecule has 0 aliphatic carbocycles. The first-order valence-electron chi connectivity index (χ1n) is 7.10. The van der Waals surface area contributed by atoms with Gasteiger partial charge in [-0.3, -0.25) is 0 Å². The third-order valence-electron chi connectivity index (χ3n) is 2.90. The van der Waals surface area contributed by atoms with Crippen LogP contribution in [0.3, 0.4) is 0 Å². The summed E-state index contributed by atoms with van der Waals surface area (Å²) in [4.78, 5) is 11.4. The minimum absolute atomic E-state index is 0.101. The largest absolute Gasteiger partial charge is 0.478 e. The number of sulfonamides is 1. The minimum Gasteiger partial charge on any atom is -0.478 e. The van der Waals surface area contributed by atoms with E-state index < -0.39 is 21.4 Å². The monoisotopic (exact) mass is 367 g/mol. The van der Waals surface area contributed by atoms with Crippen molar-refractivity contribution in [2.75, 3.05) is 12.3 Å². The smallest absolute Gasteiger partial charge is 0.355 e. The average molecular weight is 367 g/mol. The van der Waals surface area contributed by atoms with Crippen molar-refractivity contribution in [2.24, 2.45) is 0 Å². The van der Waals surface area contributed by atoms with Crippen LogP contribution in [-0.4, -0.2) is 37.2 Å². The fourth-order valence-corrected chi connectivity index (χ4v) is 3.74. The van der Waals surface area contributed by atoms with E-state index in [2.05, 4.69) is 4.72 Å². The summed E-state index contributed by atoms with van der Waals surface area (Å²) in [6, 6.07) is 16.6. The van der Waals surface area contributed by atoms with Gasteiger partial charge in [0.25, 0.3) is 0 Å². The molecule has 0 aliphatic heterocycles. The third kappa shape index (κ3) is 5.55. The highest BCUT2D eigenvalue weighted by Crippen LogP contribution is 2.18. The van der Waals surface area contributed by atoms with Crippen molar-refractivity contribution >= 4 is 27.8 Å². The number of aliphatic carboxylic acids is 1. The summed E-state index contributed by atoms with van der Waals surface area (Å²) in [7, 11) is -3.59. The molecular formula is C16H17NO5S2. The van der Waals surface area contributed by atoms with Crippen LogP contribution in [0, 0.1) is 0 Å². The number of carboxylic acid groups (broad SMARTS) is 1. The molecule has 0 spiro atoms. The van der Waals surface area contributed by atoms with E-state index in [1.54, 1.807) is 48.5 Å². The third-order valence-corrected chi connectivity index (χ3v) is 5.42. The summed E-state index contributed by atoms with van der Waals surface area (Å²) in [6.07, 6.45) is 0. The first kappa shape index (κ1) is 18.3. The molecule has 2 rings (SSSR count). The minimum atomic E-state index is -3.59. The summed E-state index contributed by atoms with van der Waals surface area (Å²) in [5.74, 6) is -0.410. The van der Waals surface area contributed by atoms with Gasteiger partial charge in [-0.1, -0.05) is 36.4 Å². The number of hydrogen-bond acceptors (Lipinski definition) is 5. The van der Waals surface area contributed by atoms with Crippen molar-refractivity contribution < 1.29 is 23.1 Å². The number of para-hydroxylation sites is 1. The molecule has 0 aliphatic rings. The van der Waals surface area contributed by atoms with Gasteiger partial charge < -0.3 is 9.84 Å². The number of thioether (sulfide) groups is 1. The summed E-state index contributed by atoms with van der Waals surface area (Å²) >= 11 is 1.01. The molecule has 0 fully saturated rings. The van der Waals surface area contributed by atoms with Crippen LogP contribution in [0.15, 0.2) is 65.6 Å². The van der Waals surface area contributed by atoms with Crippen molar-refractivity contribution in [1.29, 1.82) is 0 Å². The Labute approximate surface area is 144 Å². The molecule has 0 amide bonds. The number of rotatable bonds is 9.